The van der Waals surface area contributed by atoms with Gasteiger partial charge in [0.05, 0.1) is 31.5 Å². The van der Waals surface area contributed by atoms with E-state index in [1.807, 2.05) is 24.3 Å². The maximum Gasteiger partial charge on any atom is 0.354 e. The monoisotopic (exact) mass is 355 g/mol. The van der Waals surface area contributed by atoms with Crippen LogP contribution < -0.4 is 10.2 Å². The SMILES string of the molecule is COC(=O)/C=C(/Nc1ccc(N2CCCC2)c2ncccc12)C(=O)OC. The number of nitrogens with one attached hydrogen (secondary N) is 1. The minimum atomic E-state index is -0.656. The first kappa shape index (κ1) is 17.7. The van der Waals surface area contributed by atoms with Gasteiger partial charge in [-0.05, 0) is 37.1 Å². The van der Waals surface area contributed by atoms with Gasteiger partial charge in [-0.3, -0.25) is 4.98 Å². The van der Waals surface area contributed by atoms with Gasteiger partial charge in [-0.1, -0.05) is 0 Å². The lowest BCUT2D eigenvalue weighted by Crippen LogP contribution is -2.19. The van der Waals surface area contributed by atoms with Crippen LogP contribution in [0.25, 0.3) is 10.9 Å². The quantitative estimate of drug-likeness (QED) is 0.652. The van der Waals surface area contributed by atoms with E-state index in [4.69, 9.17) is 4.74 Å². The fourth-order valence-corrected chi connectivity index (χ4v) is 3.06. The van der Waals surface area contributed by atoms with Crippen LogP contribution in [-0.2, 0) is 19.1 Å². The number of hydrogen-bond acceptors (Lipinski definition) is 7. The highest BCUT2D eigenvalue weighted by Gasteiger charge is 2.19. The normalized spacial score (nSPS) is 14.4. The molecule has 1 aliphatic heterocycles. The van der Waals surface area contributed by atoms with E-state index < -0.39 is 11.9 Å². The molecule has 3 rings (SSSR count). The molecule has 1 aliphatic rings. The van der Waals surface area contributed by atoms with E-state index in [9.17, 15) is 9.59 Å². The largest absolute Gasteiger partial charge is 0.466 e. The van der Waals surface area contributed by atoms with Crippen molar-refractivity contribution in [1.82, 2.24) is 4.98 Å². The van der Waals surface area contributed by atoms with E-state index >= 15 is 0 Å². The number of hydrogen-bond donors (Lipinski definition) is 1. The van der Waals surface area contributed by atoms with Gasteiger partial charge < -0.3 is 19.7 Å². The van der Waals surface area contributed by atoms with Crippen LogP contribution in [-0.4, -0.2) is 44.2 Å². The van der Waals surface area contributed by atoms with E-state index in [1.54, 1.807) is 6.20 Å². The molecule has 0 bridgehead atoms. The van der Waals surface area contributed by atoms with Crippen LogP contribution in [0.4, 0.5) is 11.4 Å². The number of nitrogens with zero attached hydrogens (tertiary/aromatic N) is 2. The summed E-state index contributed by atoms with van der Waals surface area (Å²) in [6.45, 7) is 2.02. The molecule has 0 amide bonds. The van der Waals surface area contributed by atoms with Crippen LogP contribution in [0.15, 0.2) is 42.2 Å². The zero-order valence-electron chi connectivity index (χ0n) is 14.8. The Hall–Kier alpha value is -3.09. The molecule has 26 heavy (non-hydrogen) atoms. The van der Waals surface area contributed by atoms with E-state index in [0.29, 0.717) is 5.69 Å². The van der Waals surface area contributed by atoms with Crippen LogP contribution >= 0.6 is 0 Å². The molecule has 1 N–H and O–H groups in total. The average Bonchev–Trinajstić information content (AvgIpc) is 3.21. The molecular weight excluding hydrogens is 334 g/mol. The van der Waals surface area contributed by atoms with E-state index in [1.165, 1.54) is 27.1 Å². The number of carbonyl (C=O) groups is 2. The summed E-state index contributed by atoms with van der Waals surface area (Å²) in [5, 5.41) is 3.84. The molecule has 2 heterocycles. The van der Waals surface area contributed by atoms with Gasteiger partial charge in [0.2, 0.25) is 0 Å². The summed E-state index contributed by atoms with van der Waals surface area (Å²) < 4.78 is 9.35. The molecule has 1 aromatic heterocycles. The molecule has 0 saturated carbocycles. The maximum absolute atomic E-state index is 12.0. The minimum Gasteiger partial charge on any atom is -0.466 e. The maximum atomic E-state index is 12.0. The summed E-state index contributed by atoms with van der Waals surface area (Å²) in [7, 11) is 2.50. The van der Waals surface area contributed by atoms with Crippen molar-refractivity contribution in [3.05, 3.63) is 42.2 Å². The number of rotatable bonds is 5. The fraction of sp³-hybridized carbons (Fsp3) is 0.316. The van der Waals surface area contributed by atoms with Gasteiger partial charge in [0.15, 0.2) is 0 Å². The van der Waals surface area contributed by atoms with Crippen LogP contribution in [0.2, 0.25) is 0 Å². The molecule has 0 unspecified atom stereocenters. The number of benzene rings is 1. The van der Waals surface area contributed by atoms with Crippen LogP contribution in [0, 0.1) is 0 Å². The Morgan fingerprint density at radius 3 is 2.62 bits per heavy atom. The highest BCUT2D eigenvalue weighted by Crippen LogP contribution is 2.33. The molecule has 0 atom stereocenters. The summed E-state index contributed by atoms with van der Waals surface area (Å²) in [6, 6.07) is 7.63. The molecule has 136 valence electrons. The predicted octanol–water partition coefficient (Wildman–Crippen LogP) is 2.48. The lowest BCUT2D eigenvalue weighted by Gasteiger charge is -2.21. The fourth-order valence-electron chi connectivity index (χ4n) is 3.06. The van der Waals surface area contributed by atoms with Crippen molar-refractivity contribution in [2.75, 3.05) is 37.5 Å². The van der Waals surface area contributed by atoms with Crippen molar-refractivity contribution in [3.8, 4) is 0 Å². The molecule has 7 heteroatoms. The van der Waals surface area contributed by atoms with Crippen molar-refractivity contribution in [2.45, 2.75) is 12.8 Å². The van der Waals surface area contributed by atoms with Crippen LogP contribution in [0.1, 0.15) is 12.8 Å². The second-order valence-electron chi connectivity index (χ2n) is 5.92. The highest BCUT2D eigenvalue weighted by atomic mass is 16.5. The number of esters is 2. The van der Waals surface area contributed by atoms with Gasteiger partial charge in [-0.2, -0.15) is 0 Å². The van der Waals surface area contributed by atoms with E-state index in [0.717, 1.165) is 35.8 Å². The molecule has 7 nitrogen and oxygen atoms in total. The highest BCUT2D eigenvalue weighted by molar-refractivity contribution is 6.04. The van der Waals surface area contributed by atoms with Crippen molar-refractivity contribution >= 4 is 34.2 Å². The second-order valence-corrected chi connectivity index (χ2v) is 5.92. The molecule has 2 aromatic rings. The number of carbonyl (C=O) groups excluding carboxylic acids is 2. The van der Waals surface area contributed by atoms with Gasteiger partial charge in [0.1, 0.15) is 5.70 Å². The summed E-state index contributed by atoms with van der Waals surface area (Å²) in [4.78, 5) is 30.4. The third kappa shape index (κ3) is 3.61. The van der Waals surface area contributed by atoms with Crippen LogP contribution in [0.5, 0.6) is 0 Å². The summed E-state index contributed by atoms with van der Waals surface area (Å²) in [6.07, 6.45) is 5.16. The first-order valence-electron chi connectivity index (χ1n) is 8.41. The smallest absolute Gasteiger partial charge is 0.354 e. The van der Waals surface area contributed by atoms with Gasteiger partial charge in [0.25, 0.3) is 0 Å². The summed E-state index contributed by atoms with van der Waals surface area (Å²) in [5.41, 5.74) is 2.58. The zero-order chi connectivity index (χ0) is 18.5. The third-order valence-electron chi connectivity index (χ3n) is 4.33. The van der Waals surface area contributed by atoms with E-state index in [2.05, 4.69) is 19.9 Å². The number of anilines is 2. The number of ether oxygens (including phenoxy) is 2. The number of aromatic nitrogens is 1. The minimum absolute atomic E-state index is 0.00146. The molecule has 1 fully saturated rings. The van der Waals surface area contributed by atoms with Crippen LogP contribution in [0.3, 0.4) is 0 Å². The lowest BCUT2D eigenvalue weighted by atomic mass is 10.1. The molecule has 1 saturated heterocycles. The van der Waals surface area contributed by atoms with Crippen molar-refractivity contribution in [1.29, 1.82) is 0 Å². The van der Waals surface area contributed by atoms with Gasteiger partial charge >= 0.3 is 11.9 Å². The summed E-state index contributed by atoms with van der Waals surface area (Å²) >= 11 is 0. The predicted molar refractivity (Wildman–Crippen MR) is 98.9 cm³/mol. The average molecular weight is 355 g/mol. The summed E-state index contributed by atoms with van der Waals surface area (Å²) in [5.74, 6) is -1.30. The number of fused-ring (bicyclic) bond motifs is 1. The molecule has 0 spiro atoms. The molecular formula is C19H21N3O4. The topological polar surface area (TPSA) is 80.8 Å². The first-order valence-corrected chi connectivity index (χ1v) is 8.41. The Bertz CT molecular complexity index is 857. The Labute approximate surface area is 151 Å². The van der Waals surface area contributed by atoms with Gasteiger partial charge in [0, 0.05) is 30.4 Å². The number of pyridine rings is 1. The number of methoxy groups -OCH3 is 2. The van der Waals surface area contributed by atoms with Gasteiger partial charge in [-0.25, -0.2) is 9.59 Å². The standard InChI is InChI=1S/C19H21N3O4/c1-25-17(23)12-15(19(24)26-2)21-14-7-8-16(22-10-3-4-11-22)18-13(14)6-5-9-20-18/h5-9,12,21H,3-4,10-11H2,1-2H3/b15-12+. The molecule has 0 aliphatic carbocycles. The van der Waals surface area contributed by atoms with Gasteiger partial charge in [-0.15, -0.1) is 0 Å². The van der Waals surface area contributed by atoms with Crippen molar-refractivity contribution in [2.24, 2.45) is 0 Å². The second kappa shape index (κ2) is 7.86. The Balaban J connectivity index is 2.02. The molecule has 1 aromatic carbocycles. The van der Waals surface area contributed by atoms with Crippen molar-refractivity contribution in [3.63, 3.8) is 0 Å². The Morgan fingerprint density at radius 2 is 1.92 bits per heavy atom. The van der Waals surface area contributed by atoms with E-state index in [-0.39, 0.29) is 5.70 Å². The lowest BCUT2D eigenvalue weighted by molar-refractivity contribution is -0.138. The Morgan fingerprint density at radius 1 is 1.15 bits per heavy atom. The first-order chi connectivity index (χ1) is 12.6. The molecule has 0 radical (unpaired) electrons. The third-order valence-corrected chi connectivity index (χ3v) is 4.33. The van der Waals surface area contributed by atoms with Crippen molar-refractivity contribution < 1.29 is 19.1 Å². The zero-order valence-corrected chi connectivity index (χ0v) is 14.8. The Kier molecular flexibility index (Phi) is 5.36.